The first-order valence-corrected chi connectivity index (χ1v) is 7.90. The van der Waals surface area contributed by atoms with Crippen LogP contribution in [0.4, 0.5) is 4.39 Å². The number of carboxylic acids is 1. The molecule has 7 heteroatoms. The van der Waals surface area contributed by atoms with Gasteiger partial charge in [-0.15, -0.1) is 0 Å². The molecule has 3 heterocycles. The molecule has 0 spiro atoms. The summed E-state index contributed by atoms with van der Waals surface area (Å²) in [7, 11) is 0. The number of benzene rings is 1. The fourth-order valence-corrected chi connectivity index (χ4v) is 2.82. The van der Waals surface area contributed by atoms with Crippen LogP contribution in [-0.4, -0.2) is 20.7 Å². The Bertz CT molecular complexity index is 1110. The second-order valence-corrected chi connectivity index (χ2v) is 5.90. The highest BCUT2D eigenvalue weighted by Gasteiger charge is 2.14. The average molecular weight is 350 g/mol. The quantitative estimate of drug-likeness (QED) is 0.565. The fourth-order valence-electron chi connectivity index (χ4n) is 2.82. The van der Waals surface area contributed by atoms with Crippen molar-refractivity contribution in [3.63, 3.8) is 0 Å². The van der Waals surface area contributed by atoms with E-state index < -0.39 is 5.97 Å². The molecular weight excluding hydrogens is 337 g/mol. The standard InChI is InChI=1S/C19H14FN3O3/c1-11-2-7-14(26-11)10-23-18-16(9-21-23)15(19(24)25)8-17(22-18)12-3-5-13(20)6-4-12/h2-9H,10H2,1H3,(H,24,25)/p-1. The summed E-state index contributed by atoms with van der Waals surface area (Å²) in [5.74, 6) is -0.259. The second kappa shape index (κ2) is 6.11. The maximum absolute atomic E-state index is 13.2. The number of hydrogen-bond acceptors (Lipinski definition) is 5. The van der Waals surface area contributed by atoms with Crippen molar-refractivity contribution in [3.8, 4) is 11.3 Å². The molecule has 0 saturated carbocycles. The van der Waals surface area contributed by atoms with Crippen molar-refractivity contribution >= 4 is 17.0 Å². The lowest BCUT2D eigenvalue weighted by molar-refractivity contribution is -0.254. The van der Waals surface area contributed by atoms with Crippen LogP contribution >= 0.6 is 0 Å². The van der Waals surface area contributed by atoms with E-state index in [0.717, 1.165) is 5.76 Å². The van der Waals surface area contributed by atoms with E-state index in [1.807, 2.05) is 19.1 Å². The van der Waals surface area contributed by atoms with Crippen molar-refractivity contribution in [2.75, 3.05) is 0 Å². The zero-order valence-electron chi connectivity index (χ0n) is 13.8. The minimum absolute atomic E-state index is 0.0174. The first-order chi connectivity index (χ1) is 12.5. The molecule has 1 aromatic carbocycles. The van der Waals surface area contributed by atoms with E-state index in [9.17, 15) is 14.3 Å². The molecule has 0 N–H and O–H groups in total. The van der Waals surface area contributed by atoms with Crippen LogP contribution in [0.15, 0.2) is 53.1 Å². The molecule has 130 valence electrons. The Morgan fingerprint density at radius 2 is 2.00 bits per heavy atom. The van der Waals surface area contributed by atoms with E-state index in [0.29, 0.717) is 34.6 Å². The molecule has 6 nitrogen and oxygen atoms in total. The molecule has 4 aromatic rings. The molecule has 0 atom stereocenters. The van der Waals surface area contributed by atoms with Gasteiger partial charge in [0.1, 0.15) is 23.9 Å². The lowest BCUT2D eigenvalue weighted by Crippen LogP contribution is -2.22. The summed E-state index contributed by atoms with van der Waals surface area (Å²) in [6, 6.07) is 10.7. The van der Waals surface area contributed by atoms with Crippen molar-refractivity contribution in [1.29, 1.82) is 0 Å². The molecule has 0 unspecified atom stereocenters. The Kier molecular flexibility index (Phi) is 3.76. The second-order valence-electron chi connectivity index (χ2n) is 5.90. The average Bonchev–Trinajstić information content (AvgIpc) is 3.21. The van der Waals surface area contributed by atoms with Crippen LogP contribution in [0.5, 0.6) is 0 Å². The summed E-state index contributed by atoms with van der Waals surface area (Å²) in [6.07, 6.45) is 1.44. The fraction of sp³-hybridized carbons (Fsp3) is 0.105. The van der Waals surface area contributed by atoms with Gasteiger partial charge in [-0.3, -0.25) is 0 Å². The molecule has 4 rings (SSSR count). The summed E-state index contributed by atoms with van der Waals surface area (Å²) in [4.78, 5) is 16.1. The van der Waals surface area contributed by atoms with Crippen LogP contribution in [0.2, 0.25) is 0 Å². The number of carbonyl (C=O) groups excluding carboxylic acids is 1. The number of carbonyl (C=O) groups is 1. The number of nitrogens with zero attached hydrogens (tertiary/aromatic N) is 3. The van der Waals surface area contributed by atoms with E-state index in [1.54, 1.807) is 16.8 Å². The molecule has 26 heavy (non-hydrogen) atoms. The number of pyridine rings is 1. The van der Waals surface area contributed by atoms with Gasteiger partial charge in [0.25, 0.3) is 0 Å². The minimum Gasteiger partial charge on any atom is -0.545 e. The Morgan fingerprint density at radius 1 is 1.23 bits per heavy atom. The van der Waals surface area contributed by atoms with Gasteiger partial charge in [-0.1, -0.05) is 0 Å². The van der Waals surface area contributed by atoms with Crippen LogP contribution in [0.25, 0.3) is 22.3 Å². The third kappa shape index (κ3) is 2.83. The number of furan rings is 1. The topological polar surface area (TPSA) is 84.0 Å². The molecule has 0 radical (unpaired) electrons. The van der Waals surface area contributed by atoms with Crippen molar-refractivity contribution in [3.05, 3.63) is 71.6 Å². The predicted octanol–water partition coefficient (Wildman–Crippen LogP) is 2.55. The first-order valence-electron chi connectivity index (χ1n) is 7.90. The van der Waals surface area contributed by atoms with E-state index >= 15 is 0 Å². The first kappa shape index (κ1) is 16.0. The van der Waals surface area contributed by atoms with Crippen LogP contribution in [0, 0.1) is 12.7 Å². The lowest BCUT2D eigenvalue weighted by atomic mass is 10.1. The number of aromatic nitrogens is 3. The summed E-state index contributed by atoms with van der Waals surface area (Å²) in [5, 5.41) is 16.2. The van der Waals surface area contributed by atoms with Gasteiger partial charge in [-0.2, -0.15) is 5.10 Å². The van der Waals surface area contributed by atoms with Gasteiger partial charge in [0.05, 0.1) is 17.9 Å². The van der Waals surface area contributed by atoms with E-state index in [4.69, 9.17) is 4.42 Å². The van der Waals surface area contributed by atoms with E-state index in [-0.39, 0.29) is 11.4 Å². The number of rotatable bonds is 4. The molecule has 0 aliphatic carbocycles. The maximum atomic E-state index is 13.2. The lowest BCUT2D eigenvalue weighted by Gasteiger charge is -2.09. The monoisotopic (exact) mass is 350 g/mol. The van der Waals surface area contributed by atoms with Gasteiger partial charge >= 0.3 is 0 Å². The number of fused-ring (bicyclic) bond motifs is 1. The number of carboxylic acid groups (broad SMARTS) is 1. The molecule has 0 fully saturated rings. The van der Waals surface area contributed by atoms with Crippen molar-refractivity contribution in [2.24, 2.45) is 0 Å². The molecular formula is C19H13FN3O3-. The smallest absolute Gasteiger partial charge is 0.159 e. The Morgan fingerprint density at radius 3 is 2.65 bits per heavy atom. The molecule has 3 aromatic heterocycles. The number of aromatic carboxylic acids is 1. The van der Waals surface area contributed by atoms with Crippen LogP contribution < -0.4 is 5.11 Å². The van der Waals surface area contributed by atoms with Gasteiger partial charge in [0.2, 0.25) is 0 Å². The molecule has 0 amide bonds. The number of aryl methyl sites for hydroxylation is 1. The summed E-state index contributed by atoms with van der Waals surface area (Å²) in [5.41, 5.74) is 1.36. The van der Waals surface area contributed by atoms with Gasteiger partial charge in [-0.05, 0) is 49.4 Å². The minimum atomic E-state index is -1.32. The van der Waals surface area contributed by atoms with Crippen molar-refractivity contribution in [2.45, 2.75) is 13.5 Å². The normalized spacial score (nSPS) is 11.2. The van der Waals surface area contributed by atoms with E-state index in [2.05, 4.69) is 10.1 Å². The zero-order valence-corrected chi connectivity index (χ0v) is 13.8. The van der Waals surface area contributed by atoms with Gasteiger partial charge < -0.3 is 14.3 Å². The third-order valence-electron chi connectivity index (χ3n) is 4.07. The SMILES string of the molecule is Cc1ccc(Cn2ncc3c(C(=O)[O-])cc(-c4ccc(F)cc4)nc32)o1. The molecule has 0 aliphatic rings. The van der Waals surface area contributed by atoms with Crippen molar-refractivity contribution < 1.29 is 18.7 Å². The van der Waals surface area contributed by atoms with Crippen LogP contribution in [0.1, 0.15) is 21.9 Å². The molecule has 0 bridgehead atoms. The Hall–Kier alpha value is -3.48. The van der Waals surface area contributed by atoms with Gasteiger partial charge in [0, 0.05) is 16.5 Å². The third-order valence-corrected chi connectivity index (χ3v) is 4.07. The summed E-state index contributed by atoms with van der Waals surface area (Å²) < 4.78 is 20.3. The van der Waals surface area contributed by atoms with Crippen LogP contribution in [-0.2, 0) is 6.54 Å². The molecule has 0 aliphatic heterocycles. The highest BCUT2D eigenvalue weighted by atomic mass is 19.1. The van der Waals surface area contributed by atoms with Crippen LogP contribution in [0.3, 0.4) is 0 Å². The highest BCUT2D eigenvalue weighted by molar-refractivity contribution is 6.01. The summed E-state index contributed by atoms with van der Waals surface area (Å²) >= 11 is 0. The number of hydrogen-bond donors (Lipinski definition) is 0. The maximum Gasteiger partial charge on any atom is 0.159 e. The van der Waals surface area contributed by atoms with Crippen molar-refractivity contribution in [1.82, 2.24) is 14.8 Å². The Balaban J connectivity index is 1.87. The predicted molar refractivity (Wildman–Crippen MR) is 89.8 cm³/mol. The number of halogens is 1. The zero-order chi connectivity index (χ0) is 18.3. The Labute approximate surface area is 147 Å². The van der Waals surface area contributed by atoms with E-state index in [1.165, 1.54) is 24.4 Å². The highest BCUT2D eigenvalue weighted by Crippen LogP contribution is 2.25. The van der Waals surface area contributed by atoms with Gasteiger partial charge in [0.15, 0.2) is 5.65 Å². The largest absolute Gasteiger partial charge is 0.545 e. The molecule has 0 saturated heterocycles. The summed E-state index contributed by atoms with van der Waals surface area (Å²) in [6.45, 7) is 2.15. The van der Waals surface area contributed by atoms with Gasteiger partial charge in [-0.25, -0.2) is 14.1 Å².